The fraction of sp³-hybridized carbons (Fsp3) is 0. The summed E-state index contributed by atoms with van der Waals surface area (Å²) >= 11 is 0. The van der Waals surface area contributed by atoms with E-state index in [0.717, 1.165) is 61.4 Å². The summed E-state index contributed by atoms with van der Waals surface area (Å²) in [5.41, 5.74) is 12.6. The summed E-state index contributed by atoms with van der Waals surface area (Å²) in [6, 6.07) is 47.9. The molecular formula is C42H24N2O2. The van der Waals surface area contributed by atoms with Crippen molar-refractivity contribution in [3.05, 3.63) is 156 Å². The highest BCUT2D eigenvalue weighted by Gasteiger charge is 2.27. The summed E-state index contributed by atoms with van der Waals surface area (Å²) in [5, 5.41) is 3.54. The lowest BCUT2D eigenvalue weighted by Crippen LogP contribution is -2.06. The smallest absolute Gasteiger partial charge is 0.200 e. The number of rotatable bonds is 1. The summed E-state index contributed by atoms with van der Waals surface area (Å²) in [5.74, 6) is 0. The van der Waals surface area contributed by atoms with E-state index in [1.54, 1.807) is 0 Å². The number of nitrogens with zero attached hydrogens (tertiary/aromatic N) is 2. The van der Waals surface area contributed by atoms with Crippen LogP contribution in [0.15, 0.2) is 155 Å². The fourth-order valence-electron chi connectivity index (χ4n) is 7.46. The summed E-state index contributed by atoms with van der Waals surface area (Å²) in [7, 11) is 0. The van der Waals surface area contributed by atoms with Crippen molar-refractivity contribution in [2.24, 2.45) is 0 Å². The van der Waals surface area contributed by atoms with Crippen molar-refractivity contribution in [3.63, 3.8) is 0 Å². The maximum Gasteiger partial charge on any atom is 0.200 e. The second kappa shape index (κ2) is 9.37. The number of hydrogen-bond acceptors (Lipinski definition) is 3. The molecule has 46 heavy (non-hydrogen) atoms. The first kappa shape index (κ1) is 25.1. The summed E-state index contributed by atoms with van der Waals surface area (Å²) in [6.45, 7) is 0. The molecule has 6 aromatic carbocycles. The largest absolute Gasteiger partial charge is 0.456 e. The molecule has 4 nitrogen and oxygen atoms in total. The van der Waals surface area contributed by atoms with Gasteiger partial charge in [-0.25, -0.2) is 0 Å². The van der Waals surface area contributed by atoms with Crippen LogP contribution in [0.4, 0.5) is 0 Å². The molecule has 4 heteroatoms. The van der Waals surface area contributed by atoms with Crippen LogP contribution >= 0.6 is 0 Å². The zero-order valence-electron chi connectivity index (χ0n) is 24.6. The zero-order chi connectivity index (χ0) is 30.4. The molecule has 214 valence electrons. The molecule has 1 aliphatic carbocycles. The molecule has 0 unspecified atom stereocenters. The Morgan fingerprint density at radius 2 is 1.13 bits per heavy atom. The van der Waals surface area contributed by atoms with Gasteiger partial charge in [0.1, 0.15) is 11.2 Å². The third-order valence-corrected chi connectivity index (χ3v) is 9.42. The van der Waals surface area contributed by atoms with Gasteiger partial charge in [0.2, 0.25) is 5.43 Å². The van der Waals surface area contributed by atoms with E-state index < -0.39 is 0 Å². The number of fused-ring (bicyclic) bond motifs is 13. The van der Waals surface area contributed by atoms with Gasteiger partial charge in [-0.1, -0.05) is 91.0 Å². The van der Waals surface area contributed by atoms with Crippen molar-refractivity contribution < 1.29 is 4.42 Å². The van der Waals surface area contributed by atoms with Gasteiger partial charge in [-0.3, -0.25) is 9.78 Å². The Kier molecular flexibility index (Phi) is 5.11. The van der Waals surface area contributed by atoms with Crippen molar-refractivity contribution >= 4 is 43.7 Å². The molecule has 0 spiro atoms. The summed E-state index contributed by atoms with van der Waals surface area (Å²) in [6.07, 6.45) is 1.84. The Labute approximate surface area is 263 Å². The molecule has 0 radical (unpaired) electrons. The second-order valence-electron chi connectivity index (χ2n) is 11.8. The maximum atomic E-state index is 14.0. The van der Waals surface area contributed by atoms with E-state index in [4.69, 9.17) is 9.40 Å². The first-order valence-electron chi connectivity index (χ1n) is 15.4. The predicted molar refractivity (Wildman–Crippen MR) is 187 cm³/mol. The minimum atomic E-state index is -0.0385. The van der Waals surface area contributed by atoms with Crippen LogP contribution < -0.4 is 5.43 Å². The van der Waals surface area contributed by atoms with Gasteiger partial charge >= 0.3 is 0 Å². The van der Waals surface area contributed by atoms with Crippen LogP contribution in [0.3, 0.4) is 0 Å². The van der Waals surface area contributed by atoms with Crippen LogP contribution in [0.2, 0.25) is 0 Å². The van der Waals surface area contributed by atoms with Gasteiger partial charge in [-0.05, 0) is 70.8 Å². The molecule has 0 atom stereocenters. The van der Waals surface area contributed by atoms with Crippen LogP contribution in [-0.4, -0.2) is 9.55 Å². The molecule has 0 amide bonds. The monoisotopic (exact) mass is 588 g/mol. The van der Waals surface area contributed by atoms with Crippen LogP contribution in [-0.2, 0) is 0 Å². The van der Waals surface area contributed by atoms with E-state index in [-0.39, 0.29) is 5.43 Å². The SMILES string of the molecule is O=c1c2ccccc2oc2cc3c(cc12)-c1cccc(-n2c4ccccc4c4ccccc42)c1-c1ccccc1-c1cccnc1-3. The van der Waals surface area contributed by atoms with Gasteiger partial charge < -0.3 is 8.98 Å². The van der Waals surface area contributed by atoms with Crippen LogP contribution in [0.5, 0.6) is 0 Å². The lowest BCUT2D eigenvalue weighted by atomic mass is 9.81. The van der Waals surface area contributed by atoms with Crippen LogP contribution in [0, 0.1) is 0 Å². The number of para-hydroxylation sites is 3. The van der Waals surface area contributed by atoms with E-state index >= 15 is 0 Å². The molecule has 0 fully saturated rings. The fourth-order valence-corrected chi connectivity index (χ4v) is 7.46. The topological polar surface area (TPSA) is 48.0 Å². The molecule has 0 bridgehead atoms. The first-order chi connectivity index (χ1) is 22.8. The second-order valence-corrected chi connectivity index (χ2v) is 11.8. The van der Waals surface area contributed by atoms with Gasteiger partial charge in [-0.2, -0.15) is 0 Å². The summed E-state index contributed by atoms with van der Waals surface area (Å²) in [4.78, 5) is 18.9. The molecule has 0 saturated heterocycles. The Bertz CT molecular complexity index is 2730. The van der Waals surface area contributed by atoms with Gasteiger partial charge in [0, 0.05) is 33.7 Å². The highest BCUT2D eigenvalue weighted by molar-refractivity contribution is 6.12. The van der Waals surface area contributed by atoms with E-state index in [0.29, 0.717) is 21.9 Å². The van der Waals surface area contributed by atoms with E-state index in [9.17, 15) is 4.79 Å². The van der Waals surface area contributed by atoms with Crippen molar-refractivity contribution in [2.45, 2.75) is 0 Å². The number of pyridine rings is 1. The van der Waals surface area contributed by atoms with Gasteiger partial charge in [0.05, 0.1) is 33.2 Å². The lowest BCUT2D eigenvalue weighted by molar-refractivity contribution is 0.660. The Balaban J connectivity index is 1.41. The average Bonchev–Trinajstić information content (AvgIpc) is 3.45. The molecule has 0 saturated carbocycles. The Morgan fingerprint density at radius 1 is 0.478 bits per heavy atom. The van der Waals surface area contributed by atoms with Gasteiger partial charge in [-0.15, -0.1) is 0 Å². The molecule has 10 rings (SSSR count). The predicted octanol–water partition coefficient (Wildman–Crippen LogP) is 10.4. The van der Waals surface area contributed by atoms with E-state index in [2.05, 4.69) is 102 Å². The van der Waals surface area contributed by atoms with Crippen molar-refractivity contribution in [1.82, 2.24) is 9.55 Å². The summed E-state index contributed by atoms with van der Waals surface area (Å²) < 4.78 is 8.77. The van der Waals surface area contributed by atoms with Crippen molar-refractivity contribution in [3.8, 4) is 50.3 Å². The standard InChI is InChI=1S/C42H24N2O2/c45-42-31-15-5-8-21-38(31)46-39-24-33-32(23-34(39)42)29-16-9-20-37(44-35-18-6-3-12-26(35)27-13-4-7-19-36(27)44)40(29)28-14-2-1-11-25(28)30-17-10-22-43-41(30)33/h1-24H. The highest BCUT2D eigenvalue weighted by atomic mass is 16.3. The first-order valence-corrected chi connectivity index (χ1v) is 15.4. The van der Waals surface area contributed by atoms with Crippen LogP contribution in [0.1, 0.15) is 0 Å². The maximum absolute atomic E-state index is 14.0. The van der Waals surface area contributed by atoms with E-state index in [1.165, 1.54) is 10.8 Å². The lowest BCUT2D eigenvalue weighted by Gasteiger charge is -2.25. The third-order valence-electron chi connectivity index (χ3n) is 9.42. The van der Waals surface area contributed by atoms with Gasteiger partial charge in [0.25, 0.3) is 0 Å². The molecule has 3 aromatic heterocycles. The van der Waals surface area contributed by atoms with E-state index in [1.807, 2.05) is 48.7 Å². The Morgan fingerprint density at radius 3 is 1.93 bits per heavy atom. The molecular weight excluding hydrogens is 564 g/mol. The minimum Gasteiger partial charge on any atom is -0.456 e. The van der Waals surface area contributed by atoms with Crippen molar-refractivity contribution in [2.75, 3.05) is 0 Å². The average molecular weight is 589 g/mol. The molecule has 9 aromatic rings. The number of hydrogen-bond donors (Lipinski definition) is 0. The highest BCUT2D eigenvalue weighted by Crippen LogP contribution is 2.50. The minimum absolute atomic E-state index is 0.0385. The quantitative estimate of drug-likeness (QED) is 0.179. The van der Waals surface area contributed by atoms with Crippen molar-refractivity contribution in [1.29, 1.82) is 0 Å². The number of aromatic nitrogens is 2. The zero-order valence-corrected chi connectivity index (χ0v) is 24.6. The molecule has 1 aliphatic rings. The third kappa shape index (κ3) is 3.38. The molecule has 3 heterocycles. The van der Waals surface area contributed by atoms with Crippen LogP contribution in [0.25, 0.3) is 94.1 Å². The molecule has 0 N–H and O–H groups in total. The number of benzene rings is 6. The normalized spacial score (nSPS) is 12.0. The Hall–Kier alpha value is -6.26. The van der Waals surface area contributed by atoms with Gasteiger partial charge in [0.15, 0.2) is 0 Å². The molecule has 0 aliphatic heterocycles.